The van der Waals surface area contributed by atoms with E-state index < -0.39 is 5.97 Å². The van der Waals surface area contributed by atoms with Gasteiger partial charge in [-0.2, -0.15) is 0 Å². The van der Waals surface area contributed by atoms with Crippen LogP contribution in [0.2, 0.25) is 0 Å². The minimum absolute atomic E-state index is 0.273. The molecule has 0 bridgehead atoms. The van der Waals surface area contributed by atoms with Gasteiger partial charge in [-0.25, -0.2) is 0 Å². The summed E-state index contributed by atoms with van der Waals surface area (Å²) in [7, 11) is 0. The molecular formula is C17H32N2O2. The molecule has 1 aliphatic carbocycles. The van der Waals surface area contributed by atoms with Crippen LogP contribution in [0.25, 0.3) is 0 Å². The average Bonchev–Trinajstić information content (AvgIpc) is 2.46. The van der Waals surface area contributed by atoms with Crippen molar-refractivity contribution in [3.05, 3.63) is 0 Å². The molecule has 0 amide bonds. The van der Waals surface area contributed by atoms with Crippen molar-refractivity contribution in [3.63, 3.8) is 0 Å². The molecule has 2 fully saturated rings. The van der Waals surface area contributed by atoms with Crippen molar-refractivity contribution < 1.29 is 9.90 Å². The van der Waals surface area contributed by atoms with Crippen LogP contribution >= 0.6 is 0 Å². The first-order valence-corrected chi connectivity index (χ1v) is 8.87. The third-order valence-corrected chi connectivity index (χ3v) is 5.03. The number of likely N-dealkylation sites (tertiary alicyclic amines) is 1. The van der Waals surface area contributed by atoms with Crippen molar-refractivity contribution in [2.45, 2.75) is 76.8 Å². The van der Waals surface area contributed by atoms with Gasteiger partial charge in [0.2, 0.25) is 0 Å². The predicted octanol–water partition coefficient (Wildman–Crippen LogP) is 2.87. The summed E-state index contributed by atoms with van der Waals surface area (Å²) in [6.07, 6.45) is 10.8. The molecule has 4 heteroatoms. The van der Waals surface area contributed by atoms with E-state index in [0.717, 1.165) is 19.0 Å². The zero-order valence-electron chi connectivity index (χ0n) is 13.5. The maximum Gasteiger partial charge on any atom is 0.304 e. The summed E-state index contributed by atoms with van der Waals surface area (Å²) >= 11 is 0. The number of nitrogens with one attached hydrogen (secondary N) is 1. The minimum atomic E-state index is -0.676. The summed E-state index contributed by atoms with van der Waals surface area (Å²) in [6.45, 7) is 5.08. The van der Waals surface area contributed by atoms with Crippen molar-refractivity contribution in [2.24, 2.45) is 5.92 Å². The van der Waals surface area contributed by atoms with E-state index in [-0.39, 0.29) is 6.42 Å². The van der Waals surface area contributed by atoms with Crippen molar-refractivity contribution in [2.75, 3.05) is 19.6 Å². The highest BCUT2D eigenvalue weighted by Crippen LogP contribution is 2.24. The maximum absolute atomic E-state index is 10.8. The first-order valence-electron chi connectivity index (χ1n) is 8.87. The molecular weight excluding hydrogens is 264 g/mol. The Kier molecular flexibility index (Phi) is 6.97. The summed E-state index contributed by atoms with van der Waals surface area (Å²) in [5.41, 5.74) is 0. The van der Waals surface area contributed by atoms with Crippen LogP contribution in [0.5, 0.6) is 0 Å². The Morgan fingerprint density at radius 2 is 1.95 bits per heavy atom. The first-order chi connectivity index (χ1) is 10.2. The van der Waals surface area contributed by atoms with Gasteiger partial charge >= 0.3 is 5.97 Å². The Balaban J connectivity index is 1.84. The van der Waals surface area contributed by atoms with Gasteiger partial charge in [0.25, 0.3) is 0 Å². The minimum Gasteiger partial charge on any atom is -0.481 e. The van der Waals surface area contributed by atoms with E-state index in [2.05, 4.69) is 17.1 Å². The van der Waals surface area contributed by atoms with E-state index in [1.807, 2.05) is 0 Å². The van der Waals surface area contributed by atoms with Crippen LogP contribution in [0.4, 0.5) is 0 Å². The highest BCUT2D eigenvalue weighted by atomic mass is 16.4. The Morgan fingerprint density at radius 3 is 2.62 bits per heavy atom. The number of carbonyl (C=O) groups is 1. The standard InChI is InChI=1S/C17H32N2O2/c1-2-6-14-11-16(18-15-7-4-3-5-8-15)13-19(12-14)10-9-17(20)21/h14-16,18H,2-13H2,1H3,(H,20,21). The lowest BCUT2D eigenvalue weighted by Gasteiger charge is -2.40. The number of piperidine rings is 1. The summed E-state index contributed by atoms with van der Waals surface area (Å²) in [5.74, 6) is 0.0584. The molecule has 2 aliphatic rings. The third-order valence-electron chi connectivity index (χ3n) is 5.03. The van der Waals surface area contributed by atoms with Gasteiger partial charge in [0.15, 0.2) is 0 Å². The van der Waals surface area contributed by atoms with Crippen LogP contribution in [0.15, 0.2) is 0 Å². The summed E-state index contributed by atoms with van der Waals surface area (Å²) in [6, 6.07) is 1.26. The Bertz CT molecular complexity index is 316. The molecule has 4 nitrogen and oxygen atoms in total. The molecule has 0 aromatic carbocycles. The monoisotopic (exact) mass is 296 g/mol. The molecule has 2 N–H and O–H groups in total. The molecule has 1 aliphatic heterocycles. The number of hydrogen-bond acceptors (Lipinski definition) is 3. The Morgan fingerprint density at radius 1 is 1.19 bits per heavy atom. The molecule has 1 heterocycles. The lowest BCUT2D eigenvalue weighted by atomic mass is 9.88. The third kappa shape index (κ3) is 5.95. The molecule has 2 atom stereocenters. The second kappa shape index (κ2) is 8.74. The lowest BCUT2D eigenvalue weighted by molar-refractivity contribution is -0.137. The van der Waals surface area contributed by atoms with Crippen LogP contribution in [-0.2, 0) is 4.79 Å². The molecule has 1 saturated carbocycles. The molecule has 0 radical (unpaired) electrons. The van der Waals surface area contributed by atoms with E-state index in [0.29, 0.717) is 18.6 Å². The van der Waals surface area contributed by atoms with Crippen molar-refractivity contribution in [3.8, 4) is 0 Å². The Labute approximate surface area is 129 Å². The second-order valence-electron chi connectivity index (χ2n) is 6.99. The summed E-state index contributed by atoms with van der Waals surface area (Å²) < 4.78 is 0. The van der Waals surface area contributed by atoms with Crippen LogP contribution in [-0.4, -0.2) is 47.7 Å². The van der Waals surface area contributed by atoms with Crippen molar-refractivity contribution in [1.82, 2.24) is 10.2 Å². The van der Waals surface area contributed by atoms with E-state index in [1.165, 1.54) is 51.4 Å². The number of aliphatic carboxylic acids is 1. The maximum atomic E-state index is 10.8. The zero-order chi connectivity index (χ0) is 15.1. The number of nitrogens with zero attached hydrogens (tertiary/aromatic N) is 1. The van der Waals surface area contributed by atoms with E-state index in [4.69, 9.17) is 5.11 Å². The van der Waals surface area contributed by atoms with Gasteiger partial charge in [0, 0.05) is 31.7 Å². The molecule has 0 aromatic heterocycles. The first kappa shape index (κ1) is 16.8. The fraction of sp³-hybridized carbons (Fsp3) is 0.941. The topological polar surface area (TPSA) is 52.6 Å². The van der Waals surface area contributed by atoms with Gasteiger partial charge in [-0.3, -0.25) is 4.79 Å². The number of carboxylic acids is 1. The summed E-state index contributed by atoms with van der Waals surface area (Å²) in [5, 5.41) is 12.8. The smallest absolute Gasteiger partial charge is 0.304 e. The summed E-state index contributed by atoms with van der Waals surface area (Å²) in [4.78, 5) is 13.2. The largest absolute Gasteiger partial charge is 0.481 e. The molecule has 0 spiro atoms. The predicted molar refractivity (Wildman–Crippen MR) is 85.5 cm³/mol. The van der Waals surface area contributed by atoms with Crippen LogP contribution < -0.4 is 5.32 Å². The molecule has 21 heavy (non-hydrogen) atoms. The molecule has 122 valence electrons. The van der Waals surface area contributed by atoms with Crippen LogP contribution in [0.3, 0.4) is 0 Å². The fourth-order valence-electron chi connectivity index (χ4n) is 4.08. The van der Waals surface area contributed by atoms with Crippen LogP contribution in [0.1, 0.15) is 64.7 Å². The quantitative estimate of drug-likeness (QED) is 0.758. The molecule has 2 unspecified atom stereocenters. The number of hydrogen-bond donors (Lipinski definition) is 2. The Hall–Kier alpha value is -0.610. The van der Waals surface area contributed by atoms with Crippen molar-refractivity contribution in [1.29, 1.82) is 0 Å². The lowest BCUT2D eigenvalue weighted by Crippen LogP contribution is -2.52. The normalized spacial score (nSPS) is 28.6. The van der Waals surface area contributed by atoms with Crippen molar-refractivity contribution >= 4 is 5.97 Å². The number of carboxylic acid groups (broad SMARTS) is 1. The van der Waals surface area contributed by atoms with Gasteiger partial charge in [0.05, 0.1) is 6.42 Å². The van der Waals surface area contributed by atoms with Gasteiger partial charge in [0.1, 0.15) is 0 Å². The van der Waals surface area contributed by atoms with E-state index in [1.54, 1.807) is 0 Å². The molecule has 2 rings (SSSR count). The fourth-order valence-corrected chi connectivity index (χ4v) is 4.08. The zero-order valence-corrected chi connectivity index (χ0v) is 13.5. The highest BCUT2D eigenvalue weighted by molar-refractivity contribution is 5.66. The van der Waals surface area contributed by atoms with Gasteiger partial charge < -0.3 is 15.3 Å². The van der Waals surface area contributed by atoms with Gasteiger partial charge in [-0.15, -0.1) is 0 Å². The van der Waals surface area contributed by atoms with Gasteiger partial charge in [-0.05, 0) is 31.6 Å². The second-order valence-corrected chi connectivity index (χ2v) is 6.99. The molecule has 1 saturated heterocycles. The van der Waals surface area contributed by atoms with Crippen LogP contribution in [0, 0.1) is 5.92 Å². The van der Waals surface area contributed by atoms with E-state index in [9.17, 15) is 4.79 Å². The van der Waals surface area contributed by atoms with E-state index >= 15 is 0 Å². The molecule has 0 aromatic rings. The van der Waals surface area contributed by atoms with Gasteiger partial charge in [-0.1, -0.05) is 32.6 Å². The average molecular weight is 296 g/mol. The highest BCUT2D eigenvalue weighted by Gasteiger charge is 2.28. The number of rotatable bonds is 7. The SMILES string of the molecule is CCCC1CC(NC2CCCCC2)CN(CCC(=O)O)C1.